The van der Waals surface area contributed by atoms with Crippen LogP contribution in [0.4, 0.5) is 5.69 Å². The van der Waals surface area contributed by atoms with Crippen molar-refractivity contribution in [3.8, 4) is 5.75 Å². The van der Waals surface area contributed by atoms with Gasteiger partial charge in [0.25, 0.3) is 5.91 Å². The number of rotatable bonds is 6. The highest BCUT2D eigenvalue weighted by molar-refractivity contribution is 5.94. The Bertz CT molecular complexity index is 487. The molecule has 5 nitrogen and oxygen atoms in total. The van der Waals surface area contributed by atoms with Crippen LogP contribution in [0.15, 0.2) is 24.3 Å². The van der Waals surface area contributed by atoms with Gasteiger partial charge in [-0.1, -0.05) is 38.2 Å². The molecular weight excluding hydrogens is 280 g/mol. The molecule has 1 fully saturated rings. The van der Waals surface area contributed by atoms with E-state index in [1.54, 1.807) is 31.4 Å². The second-order valence-corrected chi connectivity index (χ2v) is 6.07. The average Bonchev–Trinajstić information content (AvgIpc) is 2.55. The Morgan fingerprint density at radius 3 is 2.82 bits per heavy atom. The number of anilines is 1. The zero-order chi connectivity index (χ0) is 15.9. The Labute approximate surface area is 131 Å². The van der Waals surface area contributed by atoms with Gasteiger partial charge in [0, 0.05) is 17.8 Å². The minimum Gasteiger partial charge on any atom is -0.497 e. The Kier molecular flexibility index (Phi) is 6.21. The Morgan fingerprint density at radius 1 is 1.41 bits per heavy atom. The fraction of sp³-hybridized carbons (Fsp3) is 0.588. The number of carbonyl (C=O) groups is 1. The summed E-state index contributed by atoms with van der Waals surface area (Å²) < 4.78 is 5.11. The number of ether oxygens (including phenoxy) is 1. The summed E-state index contributed by atoms with van der Waals surface area (Å²) in [5.74, 6) is 0.721. The SMILES string of the molecule is COc1cccc(NC(=O)C(O)[C@H](N)CC2CCCCC2)c1. The maximum Gasteiger partial charge on any atom is 0.254 e. The van der Waals surface area contributed by atoms with Gasteiger partial charge in [0.05, 0.1) is 7.11 Å². The number of carbonyl (C=O) groups excluding carboxylic acids is 1. The highest BCUT2D eigenvalue weighted by Gasteiger charge is 2.26. The van der Waals surface area contributed by atoms with E-state index < -0.39 is 18.1 Å². The summed E-state index contributed by atoms with van der Waals surface area (Å²) in [5, 5.41) is 12.8. The summed E-state index contributed by atoms with van der Waals surface area (Å²) >= 11 is 0. The van der Waals surface area contributed by atoms with Crippen molar-refractivity contribution in [3.63, 3.8) is 0 Å². The third kappa shape index (κ3) is 4.71. The van der Waals surface area contributed by atoms with Crippen LogP contribution in [-0.2, 0) is 4.79 Å². The van der Waals surface area contributed by atoms with E-state index in [4.69, 9.17) is 10.5 Å². The van der Waals surface area contributed by atoms with Crippen molar-refractivity contribution >= 4 is 11.6 Å². The standard InChI is InChI=1S/C17H26N2O3/c1-22-14-9-5-8-13(11-14)19-17(21)16(20)15(18)10-12-6-3-2-4-7-12/h5,8-9,11-12,15-16,20H,2-4,6-7,10,18H2,1H3,(H,19,21)/t15-,16?/m1/s1. The van der Waals surface area contributed by atoms with Gasteiger partial charge in [0.1, 0.15) is 11.9 Å². The van der Waals surface area contributed by atoms with Crippen molar-refractivity contribution in [3.05, 3.63) is 24.3 Å². The van der Waals surface area contributed by atoms with Gasteiger partial charge >= 0.3 is 0 Å². The third-order valence-electron chi connectivity index (χ3n) is 4.34. The Morgan fingerprint density at radius 2 is 2.14 bits per heavy atom. The van der Waals surface area contributed by atoms with Crippen molar-refractivity contribution in [1.29, 1.82) is 0 Å². The monoisotopic (exact) mass is 306 g/mol. The number of methoxy groups -OCH3 is 1. The lowest BCUT2D eigenvalue weighted by Crippen LogP contribution is -2.44. The normalized spacial score (nSPS) is 18.5. The molecule has 2 rings (SSSR count). The van der Waals surface area contributed by atoms with Gasteiger partial charge in [-0.2, -0.15) is 0 Å². The number of hydrogen-bond acceptors (Lipinski definition) is 4. The summed E-state index contributed by atoms with van der Waals surface area (Å²) in [5.41, 5.74) is 6.61. The predicted molar refractivity (Wildman–Crippen MR) is 86.8 cm³/mol. The largest absolute Gasteiger partial charge is 0.497 e. The first kappa shape index (κ1) is 16.8. The molecular formula is C17H26N2O3. The molecule has 2 atom stereocenters. The van der Waals surface area contributed by atoms with Crippen molar-refractivity contribution < 1.29 is 14.6 Å². The van der Waals surface area contributed by atoms with Crippen molar-refractivity contribution in [2.75, 3.05) is 12.4 Å². The van der Waals surface area contributed by atoms with Gasteiger partial charge in [-0.3, -0.25) is 4.79 Å². The fourth-order valence-corrected chi connectivity index (χ4v) is 3.05. The Balaban J connectivity index is 1.87. The van der Waals surface area contributed by atoms with Gasteiger partial charge in [0.15, 0.2) is 0 Å². The van der Waals surface area contributed by atoms with Crippen LogP contribution in [0.2, 0.25) is 0 Å². The third-order valence-corrected chi connectivity index (χ3v) is 4.34. The van der Waals surface area contributed by atoms with E-state index in [0.29, 0.717) is 23.8 Å². The zero-order valence-corrected chi connectivity index (χ0v) is 13.1. The number of nitrogens with one attached hydrogen (secondary N) is 1. The molecule has 1 amide bonds. The second-order valence-electron chi connectivity index (χ2n) is 6.07. The predicted octanol–water partition coefficient (Wildman–Crippen LogP) is 2.29. The van der Waals surface area contributed by atoms with Crippen LogP contribution in [0.5, 0.6) is 5.75 Å². The maximum atomic E-state index is 12.1. The smallest absolute Gasteiger partial charge is 0.254 e. The van der Waals surface area contributed by atoms with Crippen LogP contribution in [0.25, 0.3) is 0 Å². The molecule has 1 aliphatic rings. The number of aliphatic hydroxyl groups is 1. The molecule has 1 aliphatic carbocycles. The molecule has 1 saturated carbocycles. The van der Waals surface area contributed by atoms with Crippen molar-refractivity contribution in [1.82, 2.24) is 0 Å². The molecule has 122 valence electrons. The van der Waals surface area contributed by atoms with E-state index in [-0.39, 0.29) is 0 Å². The lowest BCUT2D eigenvalue weighted by atomic mass is 9.84. The van der Waals surface area contributed by atoms with Crippen molar-refractivity contribution in [2.24, 2.45) is 11.7 Å². The summed E-state index contributed by atoms with van der Waals surface area (Å²) in [4.78, 5) is 12.1. The highest BCUT2D eigenvalue weighted by atomic mass is 16.5. The van der Waals surface area contributed by atoms with Crippen LogP contribution < -0.4 is 15.8 Å². The quantitative estimate of drug-likeness (QED) is 0.753. The first-order chi connectivity index (χ1) is 10.6. The summed E-state index contributed by atoms with van der Waals surface area (Å²) in [7, 11) is 1.57. The number of aliphatic hydroxyl groups excluding tert-OH is 1. The van der Waals surface area contributed by atoms with Crippen LogP contribution in [0.1, 0.15) is 38.5 Å². The molecule has 4 N–H and O–H groups in total. The minimum atomic E-state index is -1.19. The van der Waals surface area contributed by atoms with Gasteiger partial charge < -0.3 is 20.9 Å². The fourth-order valence-electron chi connectivity index (χ4n) is 3.05. The molecule has 0 aliphatic heterocycles. The van der Waals surface area contributed by atoms with Crippen LogP contribution >= 0.6 is 0 Å². The molecule has 1 unspecified atom stereocenters. The zero-order valence-electron chi connectivity index (χ0n) is 13.1. The molecule has 0 heterocycles. The van der Waals surface area contributed by atoms with Gasteiger partial charge in [-0.25, -0.2) is 0 Å². The maximum absolute atomic E-state index is 12.1. The van der Waals surface area contributed by atoms with E-state index in [9.17, 15) is 9.90 Å². The summed E-state index contributed by atoms with van der Waals surface area (Å²) in [6, 6.07) is 6.51. The summed E-state index contributed by atoms with van der Waals surface area (Å²) in [6.07, 6.45) is 5.55. The van der Waals surface area contributed by atoms with E-state index in [1.165, 1.54) is 19.3 Å². The van der Waals surface area contributed by atoms with Crippen LogP contribution in [0.3, 0.4) is 0 Å². The van der Waals surface area contributed by atoms with E-state index >= 15 is 0 Å². The molecule has 1 aromatic carbocycles. The first-order valence-electron chi connectivity index (χ1n) is 7.98. The number of amides is 1. The molecule has 0 bridgehead atoms. The van der Waals surface area contributed by atoms with Crippen LogP contribution in [-0.4, -0.2) is 30.3 Å². The molecule has 22 heavy (non-hydrogen) atoms. The lowest BCUT2D eigenvalue weighted by Gasteiger charge is -2.26. The van der Waals surface area contributed by atoms with Gasteiger partial charge in [0.2, 0.25) is 0 Å². The van der Waals surface area contributed by atoms with Crippen LogP contribution in [0, 0.1) is 5.92 Å². The average molecular weight is 306 g/mol. The van der Waals surface area contributed by atoms with E-state index in [0.717, 1.165) is 12.8 Å². The number of nitrogens with two attached hydrogens (primary N) is 1. The molecule has 0 radical (unpaired) electrons. The van der Waals surface area contributed by atoms with Crippen molar-refractivity contribution in [2.45, 2.75) is 50.7 Å². The molecule has 0 saturated heterocycles. The summed E-state index contributed by atoms with van der Waals surface area (Å²) in [6.45, 7) is 0. The number of benzene rings is 1. The molecule has 1 aromatic rings. The lowest BCUT2D eigenvalue weighted by molar-refractivity contribution is -0.125. The van der Waals surface area contributed by atoms with Gasteiger partial charge in [-0.05, 0) is 24.5 Å². The molecule has 5 heteroatoms. The van der Waals surface area contributed by atoms with E-state index in [1.807, 2.05) is 0 Å². The van der Waals surface area contributed by atoms with E-state index in [2.05, 4.69) is 5.32 Å². The molecule has 0 spiro atoms. The minimum absolute atomic E-state index is 0.462. The molecule has 0 aromatic heterocycles. The topological polar surface area (TPSA) is 84.6 Å². The first-order valence-corrected chi connectivity index (χ1v) is 7.98. The van der Waals surface area contributed by atoms with Gasteiger partial charge in [-0.15, -0.1) is 0 Å². The highest BCUT2D eigenvalue weighted by Crippen LogP contribution is 2.27. The Hall–Kier alpha value is -1.59. The number of hydrogen-bond donors (Lipinski definition) is 3. The second kappa shape index (κ2) is 8.15.